The molecule has 0 saturated carbocycles. The summed E-state index contributed by atoms with van der Waals surface area (Å²) in [6.45, 7) is 3.90. The van der Waals surface area contributed by atoms with E-state index in [0.717, 1.165) is 17.0 Å². The van der Waals surface area contributed by atoms with Crippen LogP contribution in [0.5, 0.6) is 0 Å². The van der Waals surface area contributed by atoms with Crippen molar-refractivity contribution in [1.29, 1.82) is 5.26 Å². The summed E-state index contributed by atoms with van der Waals surface area (Å²) in [7, 11) is 1.89. The van der Waals surface area contributed by atoms with Crippen LogP contribution in [0.1, 0.15) is 11.1 Å². The predicted molar refractivity (Wildman–Crippen MR) is 68.6 cm³/mol. The van der Waals surface area contributed by atoms with E-state index in [9.17, 15) is 0 Å². The van der Waals surface area contributed by atoms with Gasteiger partial charge < -0.3 is 4.90 Å². The molecule has 0 amide bonds. The standard InChI is InChI=1S/C14H10ClN2.Y/c1-10-13(15)7-8-14(17(10)2)12-5-3-11(9-16)4-6-12;/h3-7H,1H2,2H3;/q-1;. The molecular weight excluding hydrogens is 321 g/mol. The Morgan fingerprint density at radius 2 is 1.94 bits per heavy atom. The van der Waals surface area contributed by atoms with E-state index in [0.29, 0.717) is 10.6 Å². The minimum Gasteiger partial charge on any atom is -0.377 e. The Morgan fingerprint density at radius 3 is 2.50 bits per heavy atom. The van der Waals surface area contributed by atoms with Crippen LogP contribution in [0.4, 0.5) is 0 Å². The van der Waals surface area contributed by atoms with Gasteiger partial charge in [-0.15, -0.1) is 12.1 Å². The van der Waals surface area contributed by atoms with Crippen molar-refractivity contribution in [2.45, 2.75) is 0 Å². The number of halogens is 1. The van der Waals surface area contributed by atoms with Gasteiger partial charge in [0, 0.05) is 45.3 Å². The van der Waals surface area contributed by atoms with Crippen molar-refractivity contribution in [2.24, 2.45) is 0 Å². The number of hydrogen-bond acceptors (Lipinski definition) is 2. The topological polar surface area (TPSA) is 27.0 Å². The molecule has 0 aromatic heterocycles. The number of rotatable bonds is 1. The fourth-order valence-electron chi connectivity index (χ4n) is 1.59. The average molecular weight is 331 g/mol. The van der Waals surface area contributed by atoms with Gasteiger partial charge in [-0.3, -0.25) is 0 Å². The molecule has 2 rings (SSSR count). The molecule has 0 atom stereocenters. The first-order chi connectivity index (χ1) is 8.13. The molecule has 1 aromatic carbocycles. The molecular formula is C14H10ClN2Y-. The molecule has 1 aliphatic heterocycles. The van der Waals surface area contributed by atoms with Crippen molar-refractivity contribution >= 4 is 17.3 Å². The van der Waals surface area contributed by atoms with Gasteiger partial charge in [0.05, 0.1) is 6.07 Å². The predicted octanol–water partition coefficient (Wildman–Crippen LogP) is 3.28. The van der Waals surface area contributed by atoms with E-state index < -0.39 is 0 Å². The molecule has 0 unspecified atom stereocenters. The molecule has 1 aromatic rings. The third-order valence-electron chi connectivity index (χ3n) is 2.64. The summed E-state index contributed by atoms with van der Waals surface area (Å²) in [4.78, 5) is 1.88. The Morgan fingerprint density at radius 1 is 1.33 bits per heavy atom. The molecule has 0 saturated heterocycles. The maximum absolute atomic E-state index is 8.74. The molecule has 18 heavy (non-hydrogen) atoms. The van der Waals surface area contributed by atoms with Gasteiger partial charge in [0.25, 0.3) is 0 Å². The van der Waals surface area contributed by atoms with Crippen molar-refractivity contribution in [2.75, 3.05) is 7.05 Å². The van der Waals surface area contributed by atoms with Crippen molar-refractivity contribution in [3.05, 3.63) is 64.9 Å². The monoisotopic (exact) mass is 330 g/mol. The summed E-state index contributed by atoms with van der Waals surface area (Å²) in [5.41, 5.74) is 3.25. The third-order valence-corrected chi connectivity index (χ3v) is 2.97. The second kappa shape index (κ2) is 6.34. The van der Waals surface area contributed by atoms with Crippen LogP contribution in [0.2, 0.25) is 0 Å². The van der Waals surface area contributed by atoms with Gasteiger partial charge in [-0.1, -0.05) is 30.0 Å². The van der Waals surface area contributed by atoms with E-state index >= 15 is 0 Å². The van der Waals surface area contributed by atoms with Gasteiger partial charge in [0.2, 0.25) is 0 Å². The Bertz CT molecular complexity index is 564. The minimum absolute atomic E-state index is 0. The second-order valence-corrected chi connectivity index (χ2v) is 4.09. The van der Waals surface area contributed by atoms with E-state index in [1.165, 1.54) is 0 Å². The first-order valence-corrected chi connectivity index (χ1v) is 5.44. The Hall–Kier alpha value is -0.876. The summed E-state index contributed by atoms with van der Waals surface area (Å²) in [6, 6.07) is 9.42. The zero-order valence-corrected chi connectivity index (χ0v) is 13.5. The van der Waals surface area contributed by atoms with Crippen molar-refractivity contribution in [3.63, 3.8) is 0 Å². The van der Waals surface area contributed by atoms with Crippen molar-refractivity contribution in [3.8, 4) is 6.07 Å². The second-order valence-electron chi connectivity index (χ2n) is 3.68. The van der Waals surface area contributed by atoms with Gasteiger partial charge in [0.15, 0.2) is 0 Å². The summed E-state index contributed by atoms with van der Waals surface area (Å²) in [5, 5.41) is 9.33. The van der Waals surface area contributed by atoms with E-state index in [1.807, 2.05) is 24.1 Å². The van der Waals surface area contributed by atoms with Crippen molar-refractivity contribution < 1.29 is 32.7 Å². The number of hydrogen-bond donors (Lipinski definition) is 0. The van der Waals surface area contributed by atoms with Crippen LogP contribution in [0.25, 0.3) is 5.70 Å². The van der Waals surface area contributed by atoms with Crippen LogP contribution in [-0.4, -0.2) is 11.9 Å². The molecule has 87 valence electrons. The van der Waals surface area contributed by atoms with Crippen LogP contribution in [0.15, 0.2) is 47.6 Å². The fourth-order valence-corrected chi connectivity index (χ4v) is 1.77. The molecule has 2 nitrogen and oxygen atoms in total. The number of nitriles is 1. The molecule has 0 fully saturated rings. The molecule has 0 bridgehead atoms. The Labute approximate surface area is 137 Å². The smallest absolute Gasteiger partial charge is 0.0990 e. The maximum atomic E-state index is 8.74. The summed E-state index contributed by atoms with van der Waals surface area (Å²) < 4.78 is 0. The first-order valence-electron chi connectivity index (χ1n) is 5.06. The molecule has 0 N–H and O–H groups in total. The summed E-state index contributed by atoms with van der Waals surface area (Å²) in [6.07, 6.45) is 4.81. The third kappa shape index (κ3) is 2.92. The first kappa shape index (κ1) is 15.2. The quantitative estimate of drug-likeness (QED) is 0.739. The van der Waals surface area contributed by atoms with Gasteiger partial charge in [-0.2, -0.15) is 29.0 Å². The fraction of sp³-hybridized carbons (Fsp3) is 0.0714. The van der Waals surface area contributed by atoms with E-state index in [-0.39, 0.29) is 32.7 Å². The van der Waals surface area contributed by atoms with Crippen LogP contribution in [-0.2, 0) is 32.7 Å². The Balaban J connectivity index is 0.00000162. The van der Waals surface area contributed by atoms with Crippen LogP contribution in [0, 0.1) is 17.4 Å². The van der Waals surface area contributed by atoms with Crippen LogP contribution >= 0.6 is 11.6 Å². The molecule has 1 heterocycles. The van der Waals surface area contributed by atoms with Crippen molar-refractivity contribution in [1.82, 2.24) is 4.90 Å². The SMILES string of the molecule is C=C1C(Cl)=C[C-]=C(c2ccc(C#N)cc2)N1C.[Y]. The van der Waals surface area contributed by atoms with Gasteiger partial charge in [0.1, 0.15) is 0 Å². The maximum Gasteiger partial charge on any atom is 0.0990 e. The normalized spacial score (nSPS) is 14.3. The number of nitrogens with zero attached hydrogens (tertiary/aromatic N) is 2. The largest absolute Gasteiger partial charge is 0.377 e. The van der Waals surface area contributed by atoms with Crippen LogP contribution in [0.3, 0.4) is 0 Å². The summed E-state index contributed by atoms with van der Waals surface area (Å²) >= 11 is 5.96. The molecule has 4 heteroatoms. The number of benzene rings is 1. The zero-order chi connectivity index (χ0) is 12.4. The van der Waals surface area contributed by atoms with E-state index in [1.54, 1.807) is 18.2 Å². The molecule has 0 spiro atoms. The van der Waals surface area contributed by atoms with Gasteiger partial charge >= 0.3 is 0 Å². The molecule has 0 aliphatic carbocycles. The molecule has 1 aliphatic rings. The number of likely N-dealkylation sites (N-methyl/N-ethyl adjacent to an activating group) is 1. The number of allylic oxidation sites excluding steroid dienone is 3. The van der Waals surface area contributed by atoms with Gasteiger partial charge in [-0.25, -0.2) is 0 Å². The zero-order valence-electron chi connectivity index (χ0n) is 9.94. The average Bonchev–Trinajstić information content (AvgIpc) is 2.36. The van der Waals surface area contributed by atoms with E-state index in [4.69, 9.17) is 16.9 Å². The van der Waals surface area contributed by atoms with E-state index in [2.05, 4.69) is 18.7 Å². The van der Waals surface area contributed by atoms with Crippen LogP contribution < -0.4 is 0 Å². The minimum atomic E-state index is 0. The van der Waals surface area contributed by atoms with Gasteiger partial charge in [-0.05, 0) is 10.7 Å². The Kier molecular flexibility index (Phi) is 5.35. The summed E-state index contributed by atoms with van der Waals surface area (Å²) in [5.74, 6) is 0. The molecule has 1 radical (unpaired) electrons.